The fourth-order valence-corrected chi connectivity index (χ4v) is 5.12. The number of amides is 2. The first-order valence-electron chi connectivity index (χ1n) is 12.1. The molecule has 5 rings (SSSR count). The number of nitrogens with zero attached hydrogens (tertiary/aromatic N) is 4. The van der Waals surface area contributed by atoms with E-state index < -0.39 is 11.7 Å². The third-order valence-corrected chi connectivity index (χ3v) is 6.86. The third kappa shape index (κ3) is 5.73. The van der Waals surface area contributed by atoms with Crippen molar-refractivity contribution in [2.75, 3.05) is 26.2 Å². The average Bonchev–Trinajstić information content (AvgIpc) is 3.40. The average molecular weight is 532 g/mol. The molecule has 1 N–H and O–H groups in total. The number of thioether (sulfide) groups is 1. The first-order valence-corrected chi connectivity index (χ1v) is 12.9. The molecule has 2 aliphatic heterocycles. The zero-order chi connectivity index (χ0) is 26.7. The van der Waals surface area contributed by atoms with Gasteiger partial charge in [0, 0.05) is 31.6 Å². The summed E-state index contributed by atoms with van der Waals surface area (Å²) in [5.74, 6) is -0.350. The molecule has 7 nitrogen and oxygen atoms in total. The number of rotatable bonds is 4. The van der Waals surface area contributed by atoms with Gasteiger partial charge < -0.3 is 5.32 Å². The molecule has 0 radical (unpaired) electrons. The predicted octanol–water partition coefficient (Wildman–Crippen LogP) is 5.29. The van der Waals surface area contributed by atoms with Crippen LogP contribution in [0.3, 0.4) is 0 Å². The van der Waals surface area contributed by atoms with Crippen LogP contribution in [-0.4, -0.2) is 57.1 Å². The number of carbonyl (C=O) groups is 2. The fourth-order valence-electron chi connectivity index (χ4n) is 4.28. The molecule has 3 aromatic rings. The molecule has 0 bridgehead atoms. The van der Waals surface area contributed by atoms with Gasteiger partial charge in [0.1, 0.15) is 0 Å². The highest BCUT2D eigenvalue weighted by Crippen LogP contribution is 2.35. The van der Waals surface area contributed by atoms with E-state index in [-0.39, 0.29) is 23.3 Å². The van der Waals surface area contributed by atoms with Gasteiger partial charge in [0.05, 0.1) is 28.7 Å². The molecular weight excluding hydrogens is 503 g/mol. The molecule has 0 atom stereocenters. The molecule has 0 saturated carbocycles. The molecule has 3 heterocycles. The number of aryl methyl sites for hydroxylation is 1. The van der Waals surface area contributed by atoms with Gasteiger partial charge in [-0.15, -0.1) is 0 Å². The number of piperazine rings is 1. The largest absolute Gasteiger partial charge is 0.416 e. The monoisotopic (exact) mass is 531 g/mol. The number of imide groups is 1. The van der Waals surface area contributed by atoms with Crippen LogP contribution in [0.5, 0.6) is 0 Å². The van der Waals surface area contributed by atoms with E-state index in [0.29, 0.717) is 47.7 Å². The molecule has 196 valence electrons. The lowest BCUT2D eigenvalue weighted by molar-refractivity contribution is -0.138. The Hall–Kier alpha value is -3.15. The van der Waals surface area contributed by atoms with Gasteiger partial charge in [-0.1, -0.05) is 37.6 Å². The van der Waals surface area contributed by atoms with Crippen molar-refractivity contribution in [2.24, 2.45) is 0 Å². The maximum atomic E-state index is 13.5. The van der Waals surface area contributed by atoms with Crippen molar-refractivity contribution in [3.63, 3.8) is 0 Å². The number of carbonyl (C=O) groups excluding carboxylic acids is 2. The van der Waals surface area contributed by atoms with Crippen LogP contribution >= 0.6 is 11.8 Å². The van der Waals surface area contributed by atoms with Gasteiger partial charge >= 0.3 is 11.4 Å². The maximum Gasteiger partial charge on any atom is 0.416 e. The Bertz CT molecular complexity index is 1350. The summed E-state index contributed by atoms with van der Waals surface area (Å²) in [6.07, 6.45) is -1.21. The highest BCUT2D eigenvalue weighted by atomic mass is 32.2. The molecule has 2 aliphatic rings. The van der Waals surface area contributed by atoms with Crippen molar-refractivity contribution in [2.45, 2.75) is 33.5 Å². The quantitative estimate of drug-likeness (QED) is 0.461. The summed E-state index contributed by atoms with van der Waals surface area (Å²) in [7, 11) is 0. The van der Waals surface area contributed by atoms with Crippen LogP contribution in [0.15, 0.2) is 47.5 Å². The number of aromatic nitrogens is 2. The van der Waals surface area contributed by atoms with E-state index in [2.05, 4.69) is 10.4 Å². The van der Waals surface area contributed by atoms with Crippen molar-refractivity contribution < 1.29 is 22.8 Å². The lowest BCUT2D eigenvalue weighted by Crippen LogP contribution is -2.53. The van der Waals surface area contributed by atoms with E-state index in [1.54, 1.807) is 48.5 Å². The van der Waals surface area contributed by atoms with Crippen LogP contribution in [-0.2, 0) is 17.5 Å². The Balaban J connectivity index is 0.00000156. The van der Waals surface area contributed by atoms with Gasteiger partial charge in [-0.3, -0.25) is 14.3 Å². The lowest BCUT2D eigenvalue weighted by atomic mass is 10.0. The minimum absolute atomic E-state index is 0.0262. The molecule has 2 saturated heterocycles. The summed E-state index contributed by atoms with van der Waals surface area (Å²) in [5.41, 5.74) is 1.38. The highest BCUT2D eigenvalue weighted by Gasteiger charge is 2.39. The molecule has 0 aliphatic carbocycles. The van der Waals surface area contributed by atoms with Crippen molar-refractivity contribution in [3.8, 4) is 0 Å². The van der Waals surface area contributed by atoms with Crippen LogP contribution in [0.1, 0.15) is 36.1 Å². The standard InChI is InChI=1S/C24H22F3N5O2S.C2H6/c1-15-2-4-17(19(10-15)24(25,26)27)14-31-20-5-3-16(11-18(20)13-29-31)12-21-22(33)32(23(34)35-21)30-8-6-28-7-9-30;1-2/h2-5,10-13,28H,6-9,14H2,1H3;1-2H3/b21-12-;. The molecule has 11 heteroatoms. The van der Waals surface area contributed by atoms with Crippen LogP contribution in [0.2, 0.25) is 0 Å². The van der Waals surface area contributed by atoms with E-state index >= 15 is 0 Å². The van der Waals surface area contributed by atoms with E-state index in [9.17, 15) is 22.8 Å². The Kier molecular flexibility index (Phi) is 8.05. The molecule has 0 spiro atoms. The number of hydrogen-bond donors (Lipinski definition) is 1. The Morgan fingerprint density at radius 2 is 1.81 bits per heavy atom. The second kappa shape index (κ2) is 11.1. The first kappa shape index (κ1) is 26.9. The first-order chi connectivity index (χ1) is 17.7. The molecule has 37 heavy (non-hydrogen) atoms. The van der Waals surface area contributed by atoms with Crippen LogP contribution < -0.4 is 5.32 Å². The van der Waals surface area contributed by atoms with Crippen molar-refractivity contribution in [1.82, 2.24) is 25.1 Å². The molecule has 2 aromatic carbocycles. The normalized spacial score (nSPS) is 18.0. The predicted molar refractivity (Wildman–Crippen MR) is 139 cm³/mol. The van der Waals surface area contributed by atoms with Crippen molar-refractivity contribution >= 4 is 39.9 Å². The molecular formula is C26H28F3N5O2S. The molecule has 2 fully saturated rings. The van der Waals surface area contributed by atoms with Gasteiger partial charge in [-0.05, 0) is 54.1 Å². The Labute approximate surface area is 217 Å². The van der Waals surface area contributed by atoms with Crippen molar-refractivity contribution in [1.29, 1.82) is 0 Å². The van der Waals surface area contributed by atoms with Gasteiger partial charge in [0.15, 0.2) is 0 Å². The van der Waals surface area contributed by atoms with Crippen LogP contribution in [0, 0.1) is 6.92 Å². The fraction of sp³-hybridized carbons (Fsp3) is 0.346. The van der Waals surface area contributed by atoms with Gasteiger partial charge in [-0.2, -0.15) is 23.3 Å². The number of benzene rings is 2. The number of nitrogens with one attached hydrogen (secondary N) is 1. The SMILES string of the molecule is CC.Cc1ccc(Cn2ncc3cc(/C=C4\SC(=O)N(N5CCNCC5)C4=O)ccc32)c(C(F)(F)F)c1. The summed E-state index contributed by atoms with van der Waals surface area (Å²) in [6, 6.07) is 9.61. The van der Waals surface area contributed by atoms with Gasteiger partial charge in [-0.25, -0.2) is 5.01 Å². The Morgan fingerprint density at radius 1 is 1.08 bits per heavy atom. The summed E-state index contributed by atoms with van der Waals surface area (Å²) in [5, 5.41) is 10.8. The second-order valence-corrected chi connectivity index (χ2v) is 9.47. The lowest BCUT2D eigenvalue weighted by Gasteiger charge is -2.32. The summed E-state index contributed by atoms with van der Waals surface area (Å²) in [6.45, 7) is 8.16. The molecule has 1 aromatic heterocycles. The van der Waals surface area contributed by atoms with E-state index in [4.69, 9.17) is 0 Å². The van der Waals surface area contributed by atoms with E-state index in [1.165, 1.54) is 15.8 Å². The number of halogens is 3. The number of hydrazine groups is 1. The summed E-state index contributed by atoms with van der Waals surface area (Å²) >= 11 is 0.897. The third-order valence-electron chi connectivity index (χ3n) is 6.00. The van der Waals surface area contributed by atoms with E-state index in [0.717, 1.165) is 23.2 Å². The Morgan fingerprint density at radius 3 is 2.51 bits per heavy atom. The van der Waals surface area contributed by atoms with Crippen molar-refractivity contribution in [3.05, 3.63) is 69.8 Å². The summed E-state index contributed by atoms with van der Waals surface area (Å²) < 4.78 is 42.1. The smallest absolute Gasteiger partial charge is 0.314 e. The molecule has 2 amide bonds. The number of alkyl halides is 3. The van der Waals surface area contributed by atoms with E-state index in [1.807, 2.05) is 13.8 Å². The van der Waals surface area contributed by atoms with Gasteiger partial charge in [0.2, 0.25) is 0 Å². The molecule has 0 unspecified atom stereocenters. The van der Waals surface area contributed by atoms with Crippen LogP contribution in [0.4, 0.5) is 18.0 Å². The van der Waals surface area contributed by atoms with Crippen LogP contribution in [0.25, 0.3) is 17.0 Å². The zero-order valence-corrected chi connectivity index (χ0v) is 21.6. The van der Waals surface area contributed by atoms with Gasteiger partial charge in [0.25, 0.3) is 5.91 Å². The number of hydrogen-bond acceptors (Lipinski definition) is 6. The second-order valence-electron chi connectivity index (χ2n) is 8.48. The minimum atomic E-state index is -4.45. The topological polar surface area (TPSA) is 70.5 Å². The zero-order valence-electron chi connectivity index (χ0n) is 20.8. The number of fused-ring (bicyclic) bond motifs is 1. The maximum absolute atomic E-state index is 13.5. The highest BCUT2D eigenvalue weighted by molar-refractivity contribution is 8.18. The minimum Gasteiger partial charge on any atom is -0.314 e. The summed E-state index contributed by atoms with van der Waals surface area (Å²) in [4.78, 5) is 25.7.